The molecule has 1 aliphatic heterocycles. The zero-order chi connectivity index (χ0) is 14.3. The maximum Gasteiger partial charge on any atom is 0.266 e. The average molecular weight is 292 g/mol. The van der Waals surface area contributed by atoms with Crippen molar-refractivity contribution in [3.8, 4) is 0 Å². The van der Waals surface area contributed by atoms with Crippen LogP contribution in [0.15, 0.2) is 0 Å². The number of aryl methyl sites for hydroxylation is 2. The molecule has 2 aromatic rings. The van der Waals surface area contributed by atoms with Gasteiger partial charge in [0.25, 0.3) is 5.91 Å². The van der Waals surface area contributed by atoms with Crippen LogP contribution in [0.4, 0.5) is 5.13 Å². The van der Waals surface area contributed by atoms with Gasteiger partial charge in [-0.15, -0.1) is 10.2 Å². The molecular weight excluding hydrogens is 276 g/mol. The number of nitrogens with two attached hydrogens (primary N) is 1. The van der Waals surface area contributed by atoms with Crippen LogP contribution < -0.4 is 5.73 Å². The summed E-state index contributed by atoms with van der Waals surface area (Å²) >= 11 is 1.22. The van der Waals surface area contributed by atoms with E-state index in [-0.39, 0.29) is 5.91 Å². The zero-order valence-corrected chi connectivity index (χ0v) is 12.3. The van der Waals surface area contributed by atoms with Gasteiger partial charge in [0, 0.05) is 20.0 Å². The van der Waals surface area contributed by atoms with Gasteiger partial charge in [0.1, 0.15) is 10.7 Å². The van der Waals surface area contributed by atoms with Crippen LogP contribution in [0.3, 0.4) is 0 Å². The Balaban J connectivity index is 1.77. The van der Waals surface area contributed by atoms with E-state index >= 15 is 0 Å². The van der Waals surface area contributed by atoms with Crippen LogP contribution in [-0.4, -0.2) is 37.6 Å². The van der Waals surface area contributed by atoms with Crippen LogP contribution in [0.5, 0.6) is 0 Å². The fraction of sp³-hybridized carbons (Fsp3) is 0.500. The number of carbonyl (C=O) groups excluding carboxylic acids is 1. The summed E-state index contributed by atoms with van der Waals surface area (Å²) in [6.07, 6.45) is 2.06. The molecule has 0 radical (unpaired) electrons. The first kappa shape index (κ1) is 13.0. The van der Waals surface area contributed by atoms with Gasteiger partial charge in [0.15, 0.2) is 11.0 Å². The van der Waals surface area contributed by atoms with Crippen LogP contribution in [0.1, 0.15) is 33.4 Å². The van der Waals surface area contributed by atoms with Crippen molar-refractivity contribution in [3.63, 3.8) is 0 Å². The number of hydrogen-bond acceptors (Lipinski definition) is 6. The minimum atomic E-state index is -0.0768. The summed E-state index contributed by atoms with van der Waals surface area (Å²) in [6.45, 7) is 3.18. The predicted octanol–water partition coefficient (Wildman–Crippen LogP) is 0.844. The topological polar surface area (TPSA) is 89.9 Å². The molecule has 2 N–H and O–H groups in total. The number of carbonyl (C=O) groups is 1. The van der Waals surface area contributed by atoms with Gasteiger partial charge in [-0.3, -0.25) is 4.79 Å². The van der Waals surface area contributed by atoms with Gasteiger partial charge < -0.3 is 15.2 Å². The molecule has 7 nitrogen and oxygen atoms in total. The number of nitrogens with zero attached hydrogens (tertiary/aromatic N) is 5. The lowest BCUT2D eigenvalue weighted by Crippen LogP contribution is -2.27. The molecule has 0 atom stereocenters. The molecule has 106 valence electrons. The zero-order valence-electron chi connectivity index (χ0n) is 11.5. The molecule has 0 spiro atoms. The molecule has 1 amide bonds. The average Bonchev–Trinajstić information content (AvgIpc) is 3.06. The van der Waals surface area contributed by atoms with E-state index in [1.165, 1.54) is 11.3 Å². The molecule has 0 bridgehead atoms. The van der Waals surface area contributed by atoms with Crippen molar-refractivity contribution >= 4 is 22.4 Å². The van der Waals surface area contributed by atoms with Gasteiger partial charge in [0.05, 0.1) is 12.2 Å². The van der Waals surface area contributed by atoms with Gasteiger partial charge >= 0.3 is 0 Å². The van der Waals surface area contributed by atoms with E-state index < -0.39 is 0 Å². The smallest absolute Gasteiger partial charge is 0.266 e. The first-order chi connectivity index (χ1) is 9.56. The number of rotatable bonds is 3. The molecule has 0 unspecified atom stereocenters. The summed E-state index contributed by atoms with van der Waals surface area (Å²) in [5, 5.41) is 8.73. The second-order valence-electron chi connectivity index (χ2n) is 4.92. The maximum absolute atomic E-state index is 12.4. The molecule has 1 aliphatic rings. The van der Waals surface area contributed by atoms with Crippen molar-refractivity contribution in [1.82, 2.24) is 24.6 Å². The Morgan fingerprint density at radius 1 is 1.50 bits per heavy atom. The fourth-order valence-corrected chi connectivity index (χ4v) is 3.23. The van der Waals surface area contributed by atoms with Crippen LogP contribution in [0.2, 0.25) is 0 Å². The first-order valence-electron chi connectivity index (χ1n) is 6.45. The lowest BCUT2D eigenvalue weighted by Gasteiger charge is -2.16. The van der Waals surface area contributed by atoms with Gasteiger partial charge in [-0.05, 0) is 13.3 Å². The molecule has 0 aliphatic carbocycles. The Hall–Kier alpha value is -1.96. The van der Waals surface area contributed by atoms with E-state index in [4.69, 9.17) is 5.73 Å². The van der Waals surface area contributed by atoms with Gasteiger partial charge in [-0.25, -0.2) is 4.98 Å². The number of thiazole rings is 1. The van der Waals surface area contributed by atoms with Crippen LogP contribution in [0, 0.1) is 6.92 Å². The lowest BCUT2D eigenvalue weighted by atomic mass is 10.3. The second-order valence-corrected chi connectivity index (χ2v) is 5.95. The Morgan fingerprint density at radius 2 is 2.30 bits per heavy atom. The Bertz CT molecular complexity index is 661. The van der Waals surface area contributed by atoms with Crippen LogP contribution in [-0.2, 0) is 19.5 Å². The van der Waals surface area contributed by atoms with Crippen molar-refractivity contribution in [2.75, 3.05) is 12.8 Å². The SMILES string of the molecule is Cc1nc(N)sc1C(=O)N(C)Cc1nnc2n1CCC2. The molecule has 8 heteroatoms. The van der Waals surface area contributed by atoms with Crippen LogP contribution in [0.25, 0.3) is 0 Å². The summed E-state index contributed by atoms with van der Waals surface area (Å²) < 4.78 is 2.09. The third-order valence-electron chi connectivity index (χ3n) is 3.42. The lowest BCUT2D eigenvalue weighted by molar-refractivity contribution is 0.0784. The van der Waals surface area contributed by atoms with E-state index in [0.29, 0.717) is 22.2 Å². The van der Waals surface area contributed by atoms with Crippen molar-refractivity contribution in [2.24, 2.45) is 0 Å². The van der Waals surface area contributed by atoms with Gasteiger partial charge in [-0.1, -0.05) is 11.3 Å². The molecule has 20 heavy (non-hydrogen) atoms. The van der Waals surface area contributed by atoms with Crippen molar-refractivity contribution in [3.05, 3.63) is 22.2 Å². The highest BCUT2D eigenvalue weighted by atomic mass is 32.1. The summed E-state index contributed by atoms with van der Waals surface area (Å²) in [5.41, 5.74) is 6.31. The Morgan fingerprint density at radius 3 is 3.00 bits per heavy atom. The third-order valence-corrected chi connectivity index (χ3v) is 4.39. The molecule has 0 saturated carbocycles. The number of aromatic nitrogens is 4. The molecular formula is C12H16N6OS. The highest BCUT2D eigenvalue weighted by Gasteiger charge is 2.22. The molecule has 3 heterocycles. The molecule has 2 aromatic heterocycles. The normalized spacial score (nSPS) is 13.5. The van der Waals surface area contributed by atoms with Gasteiger partial charge in [0.2, 0.25) is 0 Å². The number of hydrogen-bond donors (Lipinski definition) is 1. The molecule has 0 fully saturated rings. The van der Waals surface area contributed by atoms with Crippen molar-refractivity contribution in [2.45, 2.75) is 32.9 Å². The van der Waals surface area contributed by atoms with E-state index in [0.717, 1.165) is 31.0 Å². The van der Waals surface area contributed by atoms with E-state index in [2.05, 4.69) is 19.7 Å². The van der Waals surface area contributed by atoms with Crippen molar-refractivity contribution in [1.29, 1.82) is 0 Å². The highest BCUT2D eigenvalue weighted by molar-refractivity contribution is 7.17. The first-order valence-corrected chi connectivity index (χ1v) is 7.27. The van der Waals surface area contributed by atoms with Gasteiger partial charge in [-0.2, -0.15) is 0 Å². The summed E-state index contributed by atoms with van der Waals surface area (Å²) in [7, 11) is 1.76. The second kappa shape index (κ2) is 4.86. The number of fused-ring (bicyclic) bond motifs is 1. The van der Waals surface area contributed by atoms with E-state index in [9.17, 15) is 4.79 Å². The highest BCUT2D eigenvalue weighted by Crippen LogP contribution is 2.22. The molecule has 3 rings (SSSR count). The number of nitrogen functional groups attached to an aromatic ring is 1. The quantitative estimate of drug-likeness (QED) is 0.905. The summed E-state index contributed by atoms with van der Waals surface area (Å²) in [4.78, 5) is 18.7. The Labute approximate surface area is 120 Å². The summed E-state index contributed by atoms with van der Waals surface area (Å²) in [5.74, 6) is 1.77. The number of amides is 1. The predicted molar refractivity (Wildman–Crippen MR) is 75.4 cm³/mol. The molecule has 0 aromatic carbocycles. The standard InChI is InChI=1S/C12H16N6OS/c1-7-10(20-12(13)14-7)11(19)17(2)6-9-16-15-8-4-3-5-18(8)9/h3-6H2,1-2H3,(H2,13,14). The Kier molecular flexibility index (Phi) is 3.17. The maximum atomic E-state index is 12.4. The van der Waals surface area contributed by atoms with Crippen molar-refractivity contribution < 1.29 is 4.79 Å². The van der Waals surface area contributed by atoms with E-state index in [1.807, 2.05) is 0 Å². The fourth-order valence-electron chi connectivity index (χ4n) is 2.40. The minimum Gasteiger partial charge on any atom is -0.375 e. The monoisotopic (exact) mass is 292 g/mol. The van der Waals surface area contributed by atoms with E-state index in [1.54, 1.807) is 18.9 Å². The number of anilines is 1. The summed E-state index contributed by atoms with van der Waals surface area (Å²) in [6, 6.07) is 0. The molecule has 0 saturated heterocycles. The minimum absolute atomic E-state index is 0.0768. The third kappa shape index (κ3) is 2.15. The van der Waals surface area contributed by atoms with Crippen LogP contribution >= 0.6 is 11.3 Å². The largest absolute Gasteiger partial charge is 0.375 e.